The van der Waals surface area contributed by atoms with Crippen LogP contribution >= 0.6 is 0 Å². The van der Waals surface area contributed by atoms with E-state index in [1.54, 1.807) is 31.2 Å². The lowest BCUT2D eigenvalue weighted by Crippen LogP contribution is -2.07. The van der Waals surface area contributed by atoms with Gasteiger partial charge < -0.3 is 0 Å². The van der Waals surface area contributed by atoms with Crippen LogP contribution in [0.25, 0.3) is 0 Å². The highest BCUT2D eigenvalue weighted by Gasteiger charge is 2.23. The van der Waals surface area contributed by atoms with E-state index in [0.717, 1.165) is 11.1 Å². The highest BCUT2D eigenvalue weighted by atomic mass is 32.2. The summed E-state index contributed by atoms with van der Waals surface area (Å²) in [6, 6.07) is 12.3. The van der Waals surface area contributed by atoms with Gasteiger partial charge in [0.25, 0.3) is 10.0 Å². The molecule has 2 rings (SSSR count). The molecule has 0 amide bonds. The van der Waals surface area contributed by atoms with Crippen LogP contribution in [0.3, 0.4) is 0 Å². The van der Waals surface area contributed by atoms with Crippen LogP contribution < -0.4 is 0 Å². The van der Waals surface area contributed by atoms with Crippen LogP contribution in [0.1, 0.15) is 16.7 Å². The molecule has 0 atom stereocenters. The summed E-state index contributed by atoms with van der Waals surface area (Å²) >= 11 is 0. The number of alkyl halides is 3. The molecule has 3 nitrogen and oxygen atoms in total. The summed E-state index contributed by atoms with van der Waals surface area (Å²) in [4.78, 5) is -0.0804. The third kappa shape index (κ3) is 5.56. The van der Waals surface area contributed by atoms with E-state index in [0.29, 0.717) is 6.08 Å². The van der Waals surface area contributed by atoms with E-state index >= 15 is 0 Å². The molecule has 0 aliphatic rings. The molecule has 0 aliphatic carbocycles. The first-order valence-electron chi connectivity index (χ1n) is 7.31. The number of benzene rings is 2. The summed E-state index contributed by atoms with van der Waals surface area (Å²) in [6.07, 6.45) is -3.94. The predicted molar refractivity (Wildman–Crippen MR) is 91.3 cm³/mol. The second kappa shape index (κ2) is 7.23. The molecule has 0 aliphatic heterocycles. The Morgan fingerprint density at radius 1 is 0.920 bits per heavy atom. The molecule has 0 unspecified atom stereocenters. The van der Waals surface area contributed by atoms with Crippen LogP contribution in [0.5, 0.6) is 0 Å². The fourth-order valence-electron chi connectivity index (χ4n) is 1.97. The molecule has 0 heterocycles. The fraction of sp³-hybridized carbons (Fsp3) is 0.167. The molecule has 0 bridgehead atoms. The average Bonchev–Trinajstić information content (AvgIpc) is 2.52. The van der Waals surface area contributed by atoms with Gasteiger partial charge in [0.15, 0.2) is 0 Å². The summed E-state index contributed by atoms with van der Waals surface area (Å²) in [5.74, 6) is 0. The average molecular weight is 367 g/mol. The molecule has 0 spiro atoms. The normalized spacial score (nSPS) is 13.4. The van der Waals surface area contributed by atoms with Crippen molar-refractivity contribution in [3.8, 4) is 0 Å². The summed E-state index contributed by atoms with van der Waals surface area (Å²) in [5.41, 5.74) is 1.75. The minimum atomic E-state index is -4.57. The van der Waals surface area contributed by atoms with E-state index in [2.05, 4.69) is 4.40 Å². The number of hydrogen-bond acceptors (Lipinski definition) is 2. The molecule has 2 aromatic carbocycles. The van der Waals surface area contributed by atoms with Gasteiger partial charge in [-0.15, -0.1) is 0 Å². The van der Waals surface area contributed by atoms with Gasteiger partial charge in [0, 0.05) is 11.6 Å². The highest BCUT2D eigenvalue weighted by Crippen LogP contribution is 2.19. The topological polar surface area (TPSA) is 46.5 Å². The third-order valence-corrected chi connectivity index (χ3v) is 4.62. The van der Waals surface area contributed by atoms with Gasteiger partial charge in [0.05, 0.1) is 10.6 Å². The first-order chi connectivity index (χ1) is 11.6. The van der Waals surface area contributed by atoms with Crippen molar-refractivity contribution in [2.24, 2.45) is 4.40 Å². The van der Waals surface area contributed by atoms with E-state index in [1.165, 1.54) is 24.3 Å². The summed E-state index contributed by atoms with van der Waals surface area (Å²) < 4.78 is 66.0. The SMILES string of the molecule is Cc1ccc(C(/C=C/C(F)(F)F)=NS(=O)(=O)c2ccc(C)cc2)cc1. The van der Waals surface area contributed by atoms with Crippen LogP contribution in [0.4, 0.5) is 13.2 Å². The number of sulfonamides is 1. The maximum absolute atomic E-state index is 12.5. The van der Waals surface area contributed by atoms with Gasteiger partial charge in [-0.3, -0.25) is 0 Å². The van der Waals surface area contributed by atoms with Crippen LogP contribution in [0, 0.1) is 13.8 Å². The standard InChI is InChI=1S/C18H16F3NO2S/c1-13-3-7-15(8-4-13)17(11-12-18(19,20)21)22-25(23,24)16-9-5-14(2)6-10-16/h3-12H,1-2H3/b12-11+,22-17?. The molecular weight excluding hydrogens is 351 g/mol. The van der Waals surface area contributed by atoms with Crippen LogP contribution in [-0.4, -0.2) is 20.3 Å². The Kier molecular flexibility index (Phi) is 5.47. The quantitative estimate of drug-likeness (QED) is 0.742. The molecule has 0 fully saturated rings. The highest BCUT2D eigenvalue weighted by molar-refractivity contribution is 7.90. The van der Waals surface area contributed by atoms with E-state index < -0.39 is 16.2 Å². The van der Waals surface area contributed by atoms with Crippen molar-refractivity contribution in [2.75, 3.05) is 0 Å². The van der Waals surface area contributed by atoms with Crippen molar-refractivity contribution in [3.63, 3.8) is 0 Å². The van der Waals surface area contributed by atoms with Gasteiger partial charge in [-0.1, -0.05) is 47.5 Å². The van der Waals surface area contributed by atoms with E-state index in [4.69, 9.17) is 0 Å². The Bertz CT molecular complexity index is 895. The number of rotatable bonds is 4. The number of halogens is 3. The zero-order valence-corrected chi connectivity index (χ0v) is 14.4. The molecule has 0 N–H and O–H groups in total. The molecule has 25 heavy (non-hydrogen) atoms. The zero-order chi connectivity index (χ0) is 18.7. The van der Waals surface area contributed by atoms with Gasteiger partial charge in [0.2, 0.25) is 0 Å². The minimum absolute atomic E-state index is 0.0314. The van der Waals surface area contributed by atoms with E-state index in [9.17, 15) is 21.6 Å². The third-order valence-electron chi connectivity index (χ3n) is 3.31. The van der Waals surface area contributed by atoms with Gasteiger partial charge in [-0.25, -0.2) is 0 Å². The molecule has 0 saturated heterocycles. The summed E-state index contributed by atoms with van der Waals surface area (Å²) in [7, 11) is -4.13. The van der Waals surface area contributed by atoms with Crippen molar-refractivity contribution in [3.05, 3.63) is 77.4 Å². The fourth-order valence-corrected chi connectivity index (χ4v) is 2.98. The summed E-state index contributed by atoms with van der Waals surface area (Å²) in [5, 5.41) is 0. The number of allylic oxidation sites excluding steroid dienone is 2. The second-order valence-electron chi connectivity index (χ2n) is 5.51. The van der Waals surface area contributed by atoms with Crippen LogP contribution in [0.15, 0.2) is 70.0 Å². The van der Waals surface area contributed by atoms with Crippen molar-refractivity contribution < 1.29 is 21.6 Å². The Labute approximate surface area is 144 Å². The second-order valence-corrected chi connectivity index (χ2v) is 7.11. The van der Waals surface area contributed by atoms with Crippen LogP contribution in [0.2, 0.25) is 0 Å². The lowest BCUT2D eigenvalue weighted by Gasteiger charge is -2.06. The molecule has 0 radical (unpaired) electrons. The van der Waals surface area contributed by atoms with Crippen molar-refractivity contribution in [1.29, 1.82) is 0 Å². The van der Waals surface area contributed by atoms with Crippen molar-refractivity contribution in [2.45, 2.75) is 24.9 Å². The Morgan fingerprint density at radius 2 is 1.40 bits per heavy atom. The maximum Gasteiger partial charge on any atom is 0.409 e. The lowest BCUT2D eigenvalue weighted by atomic mass is 10.1. The summed E-state index contributed by atoms with van der Waals surface area (Å²) in [6.45, 7) is 3.61. The smallest absolute Gasteiger partial charge is 0.199 e. The Hall–Kier alpha value is -2.41. The Morgan fingerprint density at radius 3 is 1.88 bits per heavy atom. The number of aryl methyl sites for hydroxylation is 2. The first kappa shape index (κ1) is 18.9. The largest absolute Gasteiger partial charge is 0.409 e. The zero-order valence-electron chi connectivity index (χ0n) is 13.6. The van der Waals surface area contributed by atoms with Gasteiger partial charge in [-0.05, 0) is 32.1 Å². The number of hydrogen-bond donors (Lipinski definition) is 0. The van der Waals surface area contributed by atoms with Crippen LogP contribution in [-0.2, 0) is 10.0 Å². The minimum Gasteiger partial charge on any atom is -0.199 e. The predicted octanol–water partition coefficient (Wildman–Crippen LogP) is 4.60. The maximum atomic E-state index is 12.5. The number of nitrogens with zero attached hydrogens (tertiary/aromatic N) is 1. The van der Waals surface area contributed by atoms with Gasteiger partial charge >= 0.3 is 6.18 Å². The van der Waals surface area contributed by atoms with E-state index in [1.807, 2.05) is 6.92 Å². The molecule has 0 aromatic heterocycles. The first-order valence-corrected chi connectivity index (χ1v) is 8.75. The lowest BCUT2D eigenvalue weighted by molar-refractivity contribution is -0.0797. The van der Waals surface area contributed by atoms with E-state index in [-0.39, 0.29) is 22.2 Å². The van der Waals surface area contributed by atoms with Crippen molar-refractivity contribution in [1.82, 2.24) is 0 Å². The molecule has 132 valence electrons. The molecule has 7 heteroatoms. The van der Waals surface area contributed by atoms with Gasteiger partial charge in [0.1, 0.15) is 0 Å². The van der Waals surface area contributed by atoms with Crippen molar-refractivity contribution >= 4 is 15.7 Å². The molecule has 2 aromatic rings. The monoisotopic (exact) mass is 367 g/mol. The van der Waals surface area contributed by atoms with Gasteiger partial charge in [-0.2, -0.15) is 26.0 Å². The molecular formula is C18H16F3NO2S. The molecule has 0 saturated carbocycles. The Balaban J connectivity index is 2.53.